The maximum absolute atomic E-state index is 13.3. The second kappa shape index (κ2) is 7.45. The molecule has 5 rings (SSSR count). The number of carbonyl (C=O) groups excluding carboxylic acids is 2. The smallest absolute Gasteiger partial charge is 0.269 e. The number of imide groups is 1. The topological polar surface area (TPSA) is 72.3 Å². The molecule has 0 N–H and O–H groups in total. The molecule has 3 heterocycles. The zero-order chi connectivity index (χ0) is 20.8. The molecule has 1 unspecified atom stereocenters. The van der Waals surface area contributed by atoms with Gasteiger partial charge in [0.1, 0.15) is 0 Å². The maximum Gasteiger partial charge on any atom is 0.272 e. The van der Waals surface area contributed by atoms with Gasteiger partial charge < -0.3 is 0 Å². The molecular weight excluding hydrogens is 418 g/mol. The average molecular weight is 436 g/mol. The zero-order valence-electron chi connectivity index (χ0n) is 16.1. The van der Waals surface area contributed by atoms with Gasteiger partial charge in [0, 0.05) is 11.7 Å². The SMILES string of the molecule is CC1Cc2nc(SCN3C(=O)c4ccccc4C3=O)n(-c3ccccc3)c(=O)c2S1. The van der Waals surface area contributed by atoms with Crippen molar-refractivity contribution in [1.29, 1.82) is 0 Å². The van der Waals surface area contributed by atoms with Gasteiger partial charge in [0.05, 0.1) is 33.3 Å². The fraction of sp³-hybridized carbons (Fsp3) is 0.182. The van der Waals surface area contributed by atoms with Crippen LogP contribution in [0.5, 0.6) is 0 Å². The van der Waals surface area contributed by atoms with Gasteiger partial charge in [-0.15, -0.1) is 11.8 Å². The van der Waals surface area contributed by atoms with Gasteiger partial charge in [-0.25, -0.2) is 4.98 Å². The third-order valence-electron chi connectivity index (χ3n) is 5.10. The molecule has 0 fully saturated rings. The summed E-state index contributed by atoms with van der Waals surface area (Å²) < 4.78 is 1.58. The number of para-hydroxylation sites is 1. The number of amides is 2. The molecule has 0 aliphatic carbocycles. The lowest BCUT2D eigenvalue weighted by Gasteiger charge is -2.17. The molecule has 1 atom stereocenters. The Morgan fingerprint density at radius 3 is 2.30 bits per heavy atom. The second-order valence-electron chi connectivity index (χ2n) is 7.14. The molecule has 150 valence electrons. The van der Waals surface area contributed by atoms with Crippen LogP contribution in [0.4, 0.5) is 0 Å². The summed E-state index contributed by atoms with van der Waals surface area (Å²) in [5.41, 5.74) is 2.22. The third kappa shape index (κ3) is 3.07. The minimum absolute atomic E-state index is 0.0904. The number of aromatic nitrogens is 2. The van der Waals surface area contributed by atoms with Crippen LogP contribution >= 0.6 is 23.5 Å². The minimum Gasteiger partial charge on any atom is -0.269 e. The van der Waals surface area contributed by atoms with Crippen LogP contribution in [0, 0.1) is 0 Å². The van der Waals surface area contributed by atoms with Gasteiger partial charge in [-0.2, -0.15) is 0 Å². The van der Waals surface area contributed by atoms with Crippen molar-refractivity contribution in [3.63, 3.8) is 0 Å². The van der Waals surface area contributed by atoms with Crippen LogP contribution < -0.4 is 5.56 Å². The number of hydrogen-bond acceptors (Lipinski definition) is 6. The molecule has 2 aliphatic rings. The Morgan fingerprint density at radius 2 is 1.63 bits per heavy atom. The van der Waals surface area contributed by atoms with E-state index in [9.17, 15) is 14.4 Å². The lowest BCUT2D eigenvalue weighted by atomic mass is 10.1. The Labute approximate surface area is 181 Å². The summed E-state index contributed by atoms with van der Waals surface area (Å²) in [7, 11) is 0. The van der Waals surface area contributed by atoms with Crippen molar-refractivity contribution in [1.82, 2.24) is 14.5 Å². The number of carbonyl (C=O) groups is 2. The van der Waals surface area contributed by atoms with E-state index in [1.54, 1.807) is 40.6 Å². The highest BCUT2D eigenvalue weighted by molar-refractivity contribution is 8.00. The summed E-state index contributed by atoms with van der Waals surface area (Å²) in [4.78, 5) is 45.3. The molecule has 0 saturated heterocycles. The summed E-state index contributed by atoms with van der Waals surface area (Å²) in [5, 5.41) is 0.775. The summed E-state index contributed by atoms with van der Waals surface area (Å²) >= 11 is 2.77. The molecule has 2 aliphatic heterocycles. The van der Waals surface area contributed by atoms with Crippen LogP contribution in [0.1, 0.15) is 33.3 Å². The van der Waals surface area contributed by atoms with Crippen molar-refractivity contribution < 1.29 is 9.59 Å². The van der Waals surface area contributed by atoms with E-state index in [0.29, 0.717) is 32.1 Å². The molecule has 8 heteroatoms. The summed E-state index contributed by atoms with van der Waals surface area (Å²) in [6.45, 7) is 2.07. The van der Waals surface area contributed by atoms with Crippen molar-refractivity contribution >= 4 is 35.3 Å². The maximum atomic E-state index is 13.3. The Morgan fingerprint density at radius 1 is 1.00 bits per heavy atom. The first kappa shape index (κ1) is 19.1. The molecular formula is C22H17N3O3S2. The van der Waals surface area contributed by atoms with E-state index in [0.717, 1.165) is 12.1 Å². The largest absolute Gasteiger partial charge is 0.272 e. The normalized spacial score (nSPS) is 17.4. The number of thioether (sulfide) groups is 2. The Hall–Kier alpha value is -2.84. The average Bonchev–Trinajstić information content (AvgIpc) is 3.25. The van der Waals surface area contributed by atoms with Gasteiger partial charge in [0.25, 0.3) is 17.4 Å². The van der Waals surface area contributed by atoms with Crippen molar-refractivity contribution in [2.45, 2.75) is 28.6 Å². The fourth-order valence-electron chi connectivity index (χ4n) is 3.68. The van der Waals surface area contributed by atoms with Gasteiger partial charge in [0.2, 0.25) is 0 Å². The van der Waals surface area contributed by atoms with Gasteiger partial charge >= 0.3 is 0 Å². The van der Waals surface area contributed by atoms with E-state index in [1.165, 1.54) is 16.7 Å². The van der Waals surface area contributed by atoms with Crippen LogP contribution in [-0.4, -0.2) is 37.4 Å². The Kier molecular flexibility index (Phi) is 4.75. The van der Waals surface area contributed by atoms with Crippen molar-refractivity contribution in [2.75, 3.05) is 5.88 Å². The van der Waals surface area contributed by atoms with Gasteiger partial charge in [-0.1, -0.05) is 49.0 Å². The van der Waals surface area contributed by atoms with Crippen LogP contribution in [0.3, 0.4) is 0 Å². The molecule has 3 aromatic rings. The first-order valence-electron chi connectivity index (χ1n) is 9.50. The van der Waals surface area contributed by atoms with Gasteiger partial charge in [0.15, 0.2) is 5.16 Å². The van der Waals surface area contributed by atoms with Crippen LogP contribution in [0.15, 0.2) is 69.4 Å². The highest BCUT2D eigenvalue weighted by atomic mass is 32.2. The fourth-order valence-corrected chi connectivity index (χ4v) is 5.75. The Bertz CT molecular complexity index is 1210. The molecule has 6 nitrogen and oxygen atoms in total. The molecule has 0 bridgehead atoms. The molecule has 0 spiro atoms. The van der Waals surface area contributed by atoms with E-state index >= 15 is 0 Å². The minimum atomic E-state index is -0.318. The Balaban J connectivity index is 1.52. The summed E-state index contributed by atoms with van der Waals surface area (Å²) in [5.74, 6) is -0.545. The standard InChI is InChI=1S/C22H17N3O3S2/c1-13-11-17-18(30-13)21(28)25(14-7-3-2-4-8-14)22(23-17)29-12-24-19(26)15-9-5-6-10-16(15)20(24)27/h2-10,13H,11-12H2,1H3. The summed E-state index contributed by atoms with van der Waals surface area (Å²) in [6.07, 6.45) is 0.728. The molecule has 30 heavy (non-hydrogen) atoms. The van der Waals surface area contributed by atoms with Crippen LogP contribution in [0.2, 0.25) is 0 Å². The first-order chi connectivity index (χ1) is 14.5. The monoisotopic (exact) mass is 435 g/mol. The van der Waals surface area contributed by atoms with E-state index < -0.39 is 0 Å². The third-order valence-corrected chi connectivity index (χ3v) is 7.23. The van der Waals surface area contributed by atoms with Gasteiger partial charge in [-0.05, 0) is 24.3 Å². The molecule has 2 amide bonds. The lowest BCUT2D eigenvalue weighted by Crippen LogP contribution is -2.30. The zero-order valence-corrected chi connectivity index (χ0v) is 17.7. The van der Waals surface area contributed by atoms with Crippen molar-refractivity contribution in [3.8, 4) is 5.69 Å². The predicted octanol–water partition coefficient (Wildman–Crippen LogP) is 3.62. The molecule has 1 aromatic heterocycles. The number of rotatable bonds is 4. The first-order valence-corrected chi connectivity index (χ1v) is 11.4. The van der Waals surface area contributed by atoms with E-state index in [-0.39, 0.29) is 23.3 Å². The number of hydrogen-bond donors (Lipinski definition) is 0. The predicted molar refractivity (Wildman–Crippen MR) is 117 cm³/mol. The number of nitrogens with zero attached hydrogens (tertiary/aromatic N) is 3. The second-order valence-corrected chi connectivity index (χ2v) is 9.50. The van der Waals surface area contributed by atoms with Crippen molar-refractivity contribution in [3.05, 3.63) is 81.8 Å². The van der Waals surface area contributed by atoms with E-state index in [2.05, 4.69) is 6.92 Å². The van der Waals surface area contributed by atoms with E-state index in [4.69, 9.17) is 4.98 Å². The highest BCUT2D eigenvalue weighted by Gasteiger charge is 2.35. The van der Waals surface area contributed by atoms with Crippen LogP contribution in [0.25, 0.3) is 5.69 Å². The molecule has 2 aromatic carbocycles. The lowest BCUT2D eigenvalue weighted by molar-refractivity contribution is 0.0684. The van der Waals surface area contributed by atoms with Crippen molar-refractivity contribution in [2.24, 2.45) is 0 Å². The highest BCUT2D eigenvalue weighted by Crippen LogP contribution is 2.35. The number of fused-ring (bicyclic) bond motifs is 2. The van der Waals surface area contributed by atoms with Crippen LogP contribution in [-0.2, 0) is 6.42 Å². The molecule has 0 radical (unpaired) electrons. The van der Waals surface area contributed by atoms with E-state index in [1.807, 2.05) is 30.3 Å². The quantitative estimate of drug-likeness (QED) is 0.354. The summed E-state index contributed by atoms with van der Waals surface area (Å²) in [6, 6.07) is 16.1. The molecule has 0 saturated carbocycles. The number of benzene rings is 2. The van der Waals surface area contributed by atoms with Gasteiger partial charge in [-0.3, -0.25) is 23.9 Å².